The molecule has 4 aromatic rings. The number of hydrogen-bond acceptors (Lipinski definition) is 3. The number of carbonyl (C=O) groups is 1. The van der Waals surface area contributed by atoms with E-state index >= 15 is 0 Å². The van der Waals surface area contributed by atoms with Gasteiger partial charge in [0.05, 0.1) is 11.7 Å². The first kappa shape index (κ1) is 21.3. The monoisotopic (exact) mass is 457 g/mol. The lowest BCUT2D eigenvalue weighted by Crippen LogP contribution is -2.35. The van der Waals surface area contributed by atoms with Gasteiger partial charge in [-0.25, -0.2) is 0 Å². The molecule has 0 saturated heterocycles. The van der Waals surface area contributed by atoms with Crippen molar-refractivity contribution in [2.24, 2.45) is 0 Å². The number of nitrogens with one attached hydrogen (secondary N) is 1. The largest absolute Gasteiger partial charge is 0.489 e. The van der Waals surface area contributed by atoms with Crippen LogP contribution in [-0.2, 0) is 6.61 Å². The summed E-state index contributed by atoms with van der Waals surface area (Å²) in [5.41, 5.74) is 5.36. The number of nitrogens with zero attached hydrogens (tertiary/aromatic N) is 2. The molecule has 0 spiro atoms. The number of benzene rings is 3. The first-order valence-electron chi connectivity index (χ1n) is 11.0. The van der Waals surface area contributed by atoms with Crippen LogP contribution in [0.25, 0.3) is 11.3 Å². The summed E-state index contributed by atoms with van der Waals surface area (Å²) in [5, 5.41) is 8.21. The van der Waals surface area contributed by atoms with Gasteiger partial charge in [0.25, 0.3) is 5.91 Å². The van der Waals surface area contributed by atoms with Crippen LogP contribution < -0.4 is 4.74 Å². The Kier molecular flexibility index (Phi) is 5.65. The predicted molar refractivity (Wildman–Crippen MR) is 129 cm³/mol. The van der Waals surface area contributed by atoms with Crippen LogP contribution in [0, 0.1) is 0 Å². The van der Waals surface area contributed by atoms with Gasteiger partial charge in [0.1, 0.15) is 18.1 Å². The highest BCUT2D eigenvalue weighted by molar-refractivity contribution is 6.30. The number of rotatable bonds is 6. The van der Waals surface area contributed by atoms with E-state index in [1.54, 1.807) is 0 Å². The van der Waals surface area contributed by atoms with Crippen molar-refractivity contribution in [3.63, 3.8) is 0 Å². The highest BCUT2D eigenvalue weighted by Gasteiger charge is 2.43. The van der Waals surface area contributed by atoms with E-state index in [4.69, 9.17) is 16.3 Å². The SMILES string of the molecule is CC(C)N1C(=O)c2[nH]nc(-c3ccccc3)c2C1c1ccc(OCc2ccc(Cl)cc2)cc1. The first-order chi connectivity index (χ1) is 16.0. The third-order valence-corrected chi connectivity index (χ3v) is 6.17. The van der Waals surface area contributed by atoms with Crippen molar-refractivity contribution in [2.45, 2.75) is 32.5 Å². The standard InChI is InChI=1S/C27H24ClN3O2/c1-17(2)31-26(23-24(19-6-4-3-5-7-19)29-30-25(23)27(31)32)20-10-14-22(15-11-20)33-16-18-8-12-21(28)13-9-18/h3-15,17,26H,16H2,1-2H3,(H,29,30). The second-order valence-corrected chi connectivity index (χ2v) is 8.86. The summed E-state index contributed by atoms with van der Waals surface area (Å²) in [6.45, 7) is 4.53. The van der Waals surface area contributed by atoms with Crippen LogP contribution in [0.3, 0.4) is 0 Å². The van der Waals surface area contributed by atoms with E-state index < -0.39 is 0 Å². The quantitative estimate of drug-likeness (QED) is 0.371. The fourth-order valence-electron chi connectivity index (χ4n) is 4.33. The Morgan fingerprint density at radius 1 is 1.00 bits per heavy atom. The van der Waals surface area contributed by atoms with Crippen molar-refractivity contribution in [3.8, 4) is 17.0 Å². The van der Waals surface area contributed by atoms with Crippen molar-refractivity contribution in [1.29, 1.82) is 0 Å². The van der Waals surface area contributed by atoms with E-state index in [9.17, 15) is 4.79 Å². The number of hydrogen-bond donors (Lipinski definition) is 1. The zero-order valence-electron chi connectivity index (χ0n) is 18.5. The molecule has 1 unspecified atom stereocenters. The van der Waals surface area contributed by atoms with Crippen LogP contribution in [0.15, 0.2) is 78.9 Å². The number of aromatic nitrogens is 2. The fourth-order valence-corrected chi connectivity index (χ4v) is 4.46. The Balaban J connectivity index is 1.46. The number of amides is 1. The maximum absolute atomic E-state index is 13.2. The van der Waals surface area contributed by atoms with Crippen LogP contribution in [0.5, 0.6) is 5.75 Å². The molecule has 1 atom stereocenters. The van der Waals surface area contributed by atoms with Gasteiger partial charge in [0, 0.05) is 22.2 Å². The van der Waals surface area contributed by atoms with E-state index in [0.29, 0.717) is 17.3 Å². The molecule has 0 radical (unpaired) electrons. The van der Waals surface area contributed by atoms with Gasteiger partial charge >= 0.3 is 0 Å². The van der Waals surface area contributed by atoms with E-state index in [-0.39, 0.29) is 18.0 Å². The zero-order valence-corrected chi connectivity index (χ0v) is 19.2. The van der Waals surface area contributed by atoms with Gasteiger partial charge in [-0.15, -0.1) is 0 Å². The Bertz CT molecular complexity index is 1270. The number of aromatic amines is 1. The molecule has 3 aromatic carbocycles. The second-order valence-electron chi connectivity index (χ2n) is 8.42. The summed E-state index contributed by atoms with van der Waals surface area (Å²) in [6.07, 6.45) is 0. The molecular formula is C27H24ClN3O2. The molecular weight excluding hydrogens is 434 g/mol. The molecule has 0 aliphatic carbocycles. The van der Waals surface area contributed by atoms with Crippen LogP contribution >= 0.6 is 11.6 Å². The van der Waals surface area contributed by atoms with E-state index in [0.717, 1.165) is 33.7 Å². The third kappa shape index (κ3) is 4.00. The zero-order chi connectivity index (χ0) is 22.9. The van der Waals surface area contributed by atoms with Crippen LogP contribution in [-0.4, -0.2) is 27.0 Å². The Labute approximate surface area is 198 Å². The van der Waals surface area contributed by atoms with Crippen molar-refractivity contribution in [2.75, 3.05) is 0 Å². The lowest BCUT2D eigenvalue weighted by Gasteiger charge is -2.30. The molecule has 0 saturated carbocycles. The number of ether oxygens (including phenoxy) is 1. The molecule has 166 valence electrons. The molecule has 6 heteroatoms. The number of fused-ring (bicyclic) bond motifs is 1. The molecule has 2 heterocycles. The molecule has 1 amide bonds. The summed E-state index contributed by atoms with van der Waals surface area (Å²) in [5.74, 6) is 0.743. The Morgan fingerprint density at radius 3 is 2.36 bits per heavy atom. The van der Waals surface area contributed by atoms with Gasteiger partial charge in [-0.2, -0.15) is 5.10 Å². The minimum absolute atomic E-state index is 0.0252. The summed E-state index contributed by atoms with van der Waals surface area (Å²) < 4.78 is 5.95. The van der Waals surface area contributed by atoms with Crippen LogP contribution in [0.4, 0.5) is 0 Å². The van der Waals surface area contributed by atoms with Gasteiger partial charge in [0.2, 0.25) is 0 Å². The molecule has 0 bridgehead atoms. The molecule has 1 aliphatic heterocycles. The summed E-state index contributed by atoms with van der Waals surface area (Å²) in [6, 6.07) is 25.4. The summed E-state index contributed by atoms with van der Waals surface area (Å²) >= 11 is 5.96. The van der Waals surface area contributed by atoms with Crippen molar-refractivity contribution in [3.05, 3.63) is 106 Å². The van der Waals surface area contributed by atoms with Gasteiger partial charge < -0.3 is 9.64 Å². The van der Waals surface area contributed by atoms with E-state index in [1.165, 1.54) is 0 Å². The maximum atomic E-state index is 13.2. The Morgan fingerprint density at radius 2 is 1.70 bits per heavy atom. The van der Waals surface area contributed by atoms with E-state index in [2.05, 4.69) is 10.2 Å². The highest BCUT2D eigenvalue weighted by Crippen LogP contribution is 2.43. The second kappa shape index (κ2) is 8.75. The molecule has 0 fully saturated rings. The molecule has 5 rings (SSSR count). The number of halogens is 1. The smallest absolute Gasteiger partial charge is 0.273 e. The number of carbonyl (C=O) groups excluding carboxylic acids is 1. The normalized spacial score (nSPS) is 15.2. The highest BCUT2D eigenvalue weighted by atomic mass is 35.5. The maximum Gasteiger partial charge on any atom is 0.273 e. The molecule has 1 aromatic heterocycles. The summed E-state index contributed by atoms with van der Waals surface area (Å²) in [7, 11) is 0. The van der Waals surface area contributed by atoms with Gasteiger partial charge in [-0.1, -0.05) is 66.2 Å². The van der Waals surface area contributed by atoms with Crippen molar-refractivity contribution < 1.29 is 9.53 Å². The Hall–Kier alpha value is -3.57. The van der Waals surface area contributed by atoms with Crippen LogP contribution in [0.2, 0.25) is 5.02 Å². The van der Waals surface area contributed by atoms with E-state index in [1.807, 2.05) is 97.6 Å². The van der Waals surface area contributed by atoms with Gasteiger partial charge in [-0.05, 0) is 49.2 Å². The van der Waals surface area contributed by atoms with Crippen molar-refractivity contribution >= 4 is 17.5 Å². The average molecular weight is 458 g/mol. The molecule has 1 aliphatic rings. The minimum Gasteiger partial charge on any atom is -0.489 e. The van der Waals surface area contributed by atoms with Crippen LogP contribution in [0.1, 0.15) is 47.1 Å². The lowest BCUT2D eigenvalue weighted by molar-refractivity contribution is 0.0688. The summed E-state index contributed by atoms with van der Waals surface area (Å²) in [4.78, 5) is 15.2. The average Bonchev–Trinajstić information content (AvgIpc) is 3.39. The molecule has 5 nitrogen and oxygen atoms in total. The third-order valence-electron chi connectivity index (χ3n) is 5.92. The van der Waals surface area contributed by atoms with Crippen molar-refractivity contribution in [1.82, 2.24) is 15.1 Å². The molecule has 1 N–H and O–H groups in total. The van der Waals surface area contributed by atoms with Gasteiger partial charge in [0.15, 0.2) is 0 Å². The predicted octanol–water partition coefficient (Wildman–Crippen LogP) is 6.26. The van der Waals surface area contributed by atoms with Gasteiger partial charge in [-0.3, -0.25) is 9.89 Å². The first-order valence-corrected chi connectivity index (χ1v) is 11.3. The fraction of sp³-hybridized carbons (Fsp3) is 0.185. The lowest BCUT2D eigenvalue weighted by atomic mass is 9.95. The molecule has 33 heavy (non-hydrogen) atoms. The topological polar surface area (TPSA) is 58.2 Å². The minimum atomic E-state index is -0.216. The number of H-pyrrole nitrogens is 1.